The zero-order valence-electron chi connectivity index (χ0n) is 17.5. The van der Waals surface area contributed by atoms with Crippen LogP contribution in [0.25, 0.3) is 0 Å². The van der Waals surface area contributed by atoms with Crippen LogP contribution in [0, 0.1) is 23.2 Å². The quantitative estimate of drug-likeness (QED) is 0.530. The summed E-state index contributed by atoms with van der Waals surface area (Å²) in [6, 6.07) is 6.67. The number of ether oxygens (including phenoxy) is 1. The van der Waals surface area contributed by atoms with Crippen LogP contribution >= 0.6 is 0 Å². The lowest BCUT2D eigenvalue weighted by molar-refractivity contribution is -0.140. The third kappa shape index (κ3) is 4.13. The molecule has 30 heavy (non-hydrogen) atoms. The molecule has 2 N–H and O–H groups in total. The van der Waals surface area contributed by atoms with Gasteiger partial charge in [0.05, 0.1) is 11.0 Å². The number of amides is 2. The van der Waals surface area contributed by atoms with Crippen molar-refractivity contribution in [3.8, 4) is 0 Å². The third-order valence-corrected chi connectivity index (χ3v) is 6.97. The smallest absolute Gasteiger partial charge is 0.338 e. The maximum absolute atomic E-state index is 13.1. The lowest BCUT2D eigenvalue weighted by Gasteiger charge is -2.55. The SMILES string of the molecule is C=CCNC(=O)[C@H](C)OC(=O)c1ccc(NC(=O)C23CC4CC(CC(C4)C2)C3)cc1. The standard InChI is InChI=1S/C24H30N2O4/c1-3-8-25-21(27)15(2)30-22(28)19-4-6-20(7-5-19)26-23(29)24-12-16-9-17(13-24)11-18(10-16)14-24/h3-7,15-18H,1,8-14H2,2H3,(H,25,27)(H,26,29)/t15-,16?,17?,18?,24?/m0/s1. The Balaban J connectivity index is 1.35. The van der Waals surface area contributed by atoms with Gasteiger partial charge in [0.2, 0.25) is 5.91 Å². The van der Waals surface area contributed by atoms with Crippen LogP contribution in [0.3, 0.4) is 0 Å². The molecule has 0 aliphatic heterocycles. The molecule has 6 heteroatoms. The summed E-state index contributed by atoms with van der Waals surface area (Å²) in [7, 11) is 0. The molecule has 4 fully saturated rings. The Kier molecular flexibility index (Phi) is 5.67. The first-order valence-corrected chi connectivity index (χ1v) is 10.9. The normalized spacial score (nSPS) is 29.7. The van der Waals surface area contributed by atoms with Gasteiger partial charge in [-0.2, -0.15) is 0 Å². The molecular formula is C24H30N2O4. The van der Waals surface area contributed by atoms with Crippen molar-refractivity contribution in [2.45, 2.75) is 51.6 Å². The second kappa shape index (κ2) is 8.25. The molecule has 4 aliphatic rings. The van der Waals surface area contributed by atoms with Crippen molar-refractivity contribution >= 4 is 23.5 Å². The van der Waals surface area contributed by atoms with Crippen molar-refractivity contribution in [1.82, 2.24) is 5.32 Å². The second-order valence-corrected chi connectivity index (χ2v) is 9.31. The molecule has 0 radical (unpaired) electrons. The first-order valence-electron chi connectivity index (χ1n) is 10.9. The summed E-state index contributed by atoms with van der Waals surface area (Å²) >= 11 is 0. The van der Waals surface area contributed by atoms with Crippen molar-refractivity contribution in [1.29, 1.82) is 0 Å². The number of carbonyl (C=O) groups is 3. The number of esters is 1. The summed E-state index contributed by atoms with van der Waals surface area (Å²) in [5, 5.41) is 5.67. The van der Waals surface area contributed by atoms with Gasteiger partial charge in [-0.05, 0) is 87.5 Å². The van der Waals surface area contributed by atoms with Gasteiger partial charge in [-0.3, -0.25) is 9.59 Å². The van der Waals surface area contributed by atoms with Crippen molar-refractivity contribution in [2.75, 3.05) is 11.9 Å². The lowest BCUT2D eigenvalue weighted by Crippen LogP contribution is -2.51. The molecule has 0 heterocycles. The van der Waals surface area contributed by atoms with E-state index in [1.165, 1.54) is 26.2 Å². The predicted molar refractivity (Wildman–Crippen MR) is 114 cm³/mol. The largest absolute Gasteiger partial charge is 0.449 e. The molecule has 1 aromatic carbocycles. The number of benzene rings is 1. The third-order valence-electron chi connectivity index (χ3n) is 6.97. The summed E-state index contributed by atoms with van der Waals surface area (Å²) in [5.74, 6) is 1.32. The van der Waals surface area contributed by atoms with Crippen molar-refractivity contribution < 1.29 is 19.1 Å². The number of hydrogen-bond acceptors (Lipinski definition) is 4. The Labute approximate surface area is 177 Å². The molecule has 0 spiro atoms. The van der Waals surface area contributed by atoms with E-state index >= 15 is 0 Å². The molecule has 4 aliphatic carbocycles. The molecule has 0 unspecified atom stereocenters. The Bertz CT molecular complexity index is 810. The zero-order valence-corrected chi connectivity index (χ0v) is 17.5. The van der Waals surface area contributed by atoms with Gasteiger partial charge in [-0.1, -0.05) is 6.08 Å². The topological polar surface area (TPSA) is 84.5 Å². The average molecular weight is 411 g/mol. The summed E-state index contributed by atoms with van der Waals surface area (Å²) in [4.78, 5) is 37.2. The minimum atomic E-state index is -0.895. The second-order valence-electron chi connectivity index (χ2n) is 9.31. The van der Waals surface area contributed by atoms with E-state index < -0.39 is 12.1 Å². The summed E-state index contributed by atoms with van der Waals surface area (Å²) in [5.41, 5.74) is 0.816. The van der Waals surface area contributed by atoms with E-state index in [-0.39, 0.29) is 17.2 Å². The van der Waals surface area contributed by atoms with E-state index in [2.05, 4.69) is 17.2 Å². The van der Waals surface area contributed by atoms with Crippen LogP contribution in [0.2, 0.25) is 0 Å². The first kappa shape index (κ1) is 20.6. The van der Waals surface area contributed by atoms with E-state index in [1.54, 1.807) is 30.3 Å². The van der Waals surface area contributed by atoms with Gasteiger partial charge in [0.15, 0.2) is 6.10 Å². The Morgan fingerprint density at radius 3 is 2.20 bits per heavy atom. The van der Waals surface area contributed by atoms with Gasteiger partial charge in [0.1, 0.15) is 0 Å². The Morgan fingerprint density at radius 2 is 1.67 bits per heavy atom. The van der Waals surface area contributed by atoms with E-state index in [1.807, 2.05) is 0 Å². The van der Waals surface area contributed by atoms with Crippen LogP contribution in [-0.2, 0) is 14.3 Å². The van der Waals surface area contributed by atoms with E-state index in [0.717, 1.165) is 19.3 Å². The molecule has 4 bridgehead atoms. The maximum Gasteiger partial charge on any atom is 0.338 e. The van der Waals surface area contributed by atoms with Crippen LogP contribution in [0.5, 0.6) is 0 Å². The van der Waals surface area contributed by atoms with Crippen LogP contribution < -0.4 is 10.6 Å². The van der Waals surface area contributed by atoms with Crippen molar-refractivity contribution in [3.05, 3.63) is 42.5 Å². The maximum atomic E-state index is 13.1. The Morgan fingerprint density at radius 1 is 1.10 bits per heavy atom. The number of carbonyl (C=O) groups excluding carboxylic acids is 3. The Hall–Kier alpha value is -2.63. The van der Waals surface area contributed by atoms with Crippen LogP contribution in [0.15, 0.2) is 36.9 Å². The fraction of sp³-hybridized carbons (Fsp3) is 0.542. The number of anilines is 1. The van der Waals surface area contributed by atoms with Crippen molar-refractivity contribution in [3.63, 3.8) is 0 Å². The van der Waals surface area contributed by atoms with Gasteiger partial charge < -0.3 is 15.4 Å². The number of nitrogens with one attached hydrogen (secondary N) is 2. The highest BCUT2D eigenvalue weighted by Gasteiger charge is 2.54. The number of rotatable bonds is 7. The van der Waals surface area contributed by atoms with Crippen LogP contribution in [0.4, 0.5) is 5.69 Å². The zero-order chi connectivity index (χ0) is 21.3. The minimum absolute atomic E-state index is 0.129. The minimum Gasteiger partial charge on any atom is -0.449 e. The van der Waals surface area contributed by atoms with E-state index in [0.29, 0.717) is 35.5 Å². The highest BCUT2D eigenvalue weighted by atomic mass is 16.5. The molecule has 0 saturated heterocycles. The molecule has 160 valence electrons. The first-order chi connectivity index (χ1) is 14.4. The summed E-state index contributed by atoms with van der Waals surface area (Å²) in [6.07, 6.45) is 7.60. The van der Waals surface area contributed by atoms with Crippen LogP contribution in [-0.4, -0.2) is 30.4 Å². The fourth-order valence-electron chi connectivity index (χ4n) is 5.94. The molecule has 1 aromatic rings. The molecular weight excluding hydrogens is 380 g/mol. The van der Waals surface area contributed by atoms with Gasteiger partial charge in [-0.15, -0.1) is 6.58 Å². The summed E-state index contributed by atoms with van der Waals surface area (Å²) < 4.78 is 5.21. The highest BCUT2D eigenvalue weighted by molar-refractivity contribution is 5.97. The molecule has 0 aromatic heterocycles. The molecule has 6 nitrogen and oxygen atoms in total. The van der Waals surface area contributed by atoms with Gasteiger partial charge in [0, 0.05) is 12.2 Å². The van der Waals surface area contributed by atoms with Crippen LogP contribution in [0.1, 0.15) is 55.8 Å². The monoisotopic (exact) mass is 410 g/mol. The highest BCUT2D eigenvalue weighted by Crippen LogP contribution is 2.60. The van der Waals surface area contributed by atoms with Gasteiger partial charge in [-0.25, -0.2) is 4.79 Å². The van der Waals surface area contributed by atoms with Crippen molar-refractivity contribution in [2.24, 2.45) is 23.2 Å². The molecule has 4 saturated carbocycles. The molecule has 5 rings (SSSR count). The van der Waals surface area contributed by atoms with Gasteiger partial charge >= 0.3 is 5.97 Å². The van der Waals surface area contributed by atoms with Gasteiger partial charge in [0.25, 0.3) is 5.91 Å². The lowest BCUT2D eigenvalue weighted by atomic mass is 9.49. The predicted octanol–water partition coefficient (Wildman–Crippen LogP) is 3.69. The fourth-order valence-corrected chi connectivity index (χ4v) is 5.94. The molecule has 2 amide bonds. The van der Waals surface area contributed by atoms with E-state index in [4.69, 9.17) is 4.74 Å². The summed E-state index contributed by atoms with van der Waals surface area (Å²) in [6.45, 7) is 5.37. The van der Waals surface area contributed by atoms with E-state index in [9.17, 15) is 14.4 Å². The number of hydrogen-bond donors (Lipinski definition) is 2. The molecule has 1 atom stereocenters. The average Bonchev–Trinajstić information content (AvgIpc) is 2.71.